The molecule has 4 nitrogen and oxygen atoms in total. The molecule has 0 saturated carbocycles. The number of imidazole rings is 1. The van der Waals surface area contributed by atoms with E-state index in [-0.39, 0.29) is 23.2 Å². The van der Waals surface area contributed by atoms with E-state index in [2.05, 4.69) is 12.1 Å². The third-order valence-corrected chi connectivity index (χ3v) is 13.3. The molecule has 0 aliphatic rings. The summed E-state index contributed by atoms with van der Waals surface area (Å²) in [4.78, 5) is 10.2. The quantitative estimate of drug-likeness (QED) is 0.149. The van der Waals surface area contributed by atoms with Gasteiger partial charge in [-0.05, 0) is 144 Å². The molecular formula is C68H65N3O. The second kappa shape index (κ2) is 19.1. The molecule has 0 unspecified atom stereocenters. The van der Waals surface area contributed by atoms with Crippen molar-refractivity contribution in [3.05, 3.63) is 217 Å². The van der Waals surface area contributed by atoms with Crippen LogP contribution in [0.1, 0.15) is 128 Å². The number of para-hydroxylation sites is 1. The molecule has 0 bridgehead atoms. The smallest absolute Gasteiger partial charge is 0.149 e. The lowest BCUT2D eigenvalue weighted by Gasteiger charge is -2.28. The summed E-state index contributed by atoms with van der Waals surface area (Å²) in [7, 11) is 0. The van der Waals surface area contributed by atoms with Gasteiger partial charge >= 0.3 is 0 Å². The number of phenols is 1. The van der Waals surface area contributed by atoms with E-state index in [1.807, 2.05) is 173 Å². The van der Waals surface area contributed by atoms with Gasteiger partial charge in [0.1, 0.15) is 11.6 Å². The molecule has 1 N–H and O–H groups in total. The predicted molar refractivity (Wildman–Crippen MR) is 304 cm³/mol. The number of pyridine rings is 1. The number of aromatic hydroxyl groups is 1. The standard InChI is InChI=1S/C68H65N3O/c1-43(2)57-38-52(47-25-18-13-19-26-47)39-58(44(3)4)64(57)71-62-28-20-27-56(63(62)70-66(71)59-41-55(67(5,6)7)42-60(65(59)72)68(8,9)10)53-35-51(46-23-16-12-17-24-46)36-54(37-53)61-40-50(33-34-69-61)49-31-29-48(30-32-49)45-21-14-11-15-22-45/h11-44,72H,1-10H3/i5D3,6D3,7D3,8D3,9D3,10D3. The number of hydrogen-bond acceptors (Lipinski definition) is 3. The molecule has 0 radical (unpaired) electrons. The van der Waals surface area contributed by atoms with E-state index >= 15 is 0 Å². The summed E-state index contributed by atoms with van der Waals surface area (Å²) >= 11 is 0. The number of fused-ring (bicyclic) bond motifs is 1. The Morgan fingerprint density at radius 2 is 0.972 bits per heavy atom. The highest BCUT2D eigenvalue weighted by molar-refractivity contribution is 5.98. The first-order valence-corrected chi connectivity index (χ1v) is 24.0. The Balaban J connectivity index is 1.37. The first-order valence-electron chi connectivity index (χ1n) is 33.0. The van der Waals surface area contributed by atoms with Crippen molar-refractivity contribution < 1.29 is 29.8 Å². The van der Waals surface area contributed by atoms with E-state index in [0.717, 1.165) is 50.6 Å². The van der Waals surface area contributed by atoms with Crippen LogP contribution in [0, 0.1) is 0 Å². The molecule has 358 valence electrons. The third-order valence-electron chi connectivity index (χ3n) is 13.3. The van der Waals surface area contributed by atoms with Crippen molar-refractivity contribution in [1.29, 1.82) is 0 Å². The summed E-state index contributed by atoms with van der Waals surface area (Å²) in [5.41, 5.74) is 0.244. The molecule has 0 aliphatic carbocycles. The molecule has 0 spiro atoms. The van der Waals surface area contributed by atoms with Crippen LogP contribution in [0.2, 0.25) is 0 Å². The highest BCUT2D eigenvalue weighted by atomic mass is 16.3. The molecule has 2 heterocycles. The molecular weight excluding hydrogens is 875 g/mol. The Hall–Kier alpha value is -7.82. The van der Waals surface area contributed by atoms with Gasteiger partial charge < -0.3 is 5.11 Å². The average Bonchev–Trinajstić information content (AvgIpc) is 0.720. The summed E-state index contributed by atoms with van der Waals surface area (Å²) in [5, 5.41) is 13.3. The van der Waals surface area contributed by atoms with Gasteiger partial charge in [0, 0.05) is 47.6 Å². The minimum Gasteiger partial charge on any atom is -0.507 e. The average molecular weight is 958 g/mol. The zero-order chi connectivity index (χ0) is 65.5. The summed E-state index contributed by atoms with van der Waals surface area (Å²) in [6.07, 6.45) is 1.73. The minimum atomic E-state index is -4.15. The molecule has 0 atom stereocenters. The summed E-state index contributed by atoms with van der Waals surface area (Å²) in [6.45, 7) is -16.8. The van der Waals surface area contributed by atoms with Crippen molar-refractivity contribution in [2.45, 2.75) is 91.5 Å². The Bertz CT molecular complexity index is 4170. The van der Waals surface area contributed by atoms with Crippen LogP contribution in [0.25, 0.3) is 95.0 Å². The van der Waals surface area contributed by atoms with Crippen LogP contribution in [0.5, 0.6) is 5.75 Å². The number of benzene rings is 8. The fourth-order valence-electron chi connectivity index (χ4n) is 9.64. The second-order valence-corrected chi connectivity index (χ2v) is 19.1. The first-order chi connectivity index (χ1) is 42.0. The van der Waals surface area contributed by atoms with Gasteiger partial charge in [-0.2, -0.15) is 0 Å². The molecule has 10 rings (SSSR count). The van der Waals surface area contributed by atoms with Crippen molar-refractivity contribution >= 4 is 11.0 Å². The molecule has 8 aromatic carbocycles. The fourth-order valence-corrected chi connectivity index (χ4v) is 9.64. The number of hydrogen-bond donors (Lipinski definition) is 1. The van der Waals surface area contributed by atoms with Crippen molar-refractivity contribution in [2.24, 2.45) is 0 Å². The van der Waals surface area contributed by atoms with E-state index in [0.29, 0.717) is 50.8 Å². The molecule has 0 amide bonds. The van der Waals surface area contributed by atoms with Gasteiger partial charge in [0.05, 0.1) is 28.0 Å². The Labute approximate surface area is 452 Å². The second-order valence-electron chi connectivity index (χ2n) is 19.1. The molecule has 10 aromatic rings. The van der Waals surface area contributed by atoms with Crippen LogP contribution in [-0.4, -0.2) is 19.6 Å². The highest BCUT2D eigenvalue weighted by Crippen LogP contribution is 2.47. The van der Waals surface area contributed by atoms with E-state index in [4.69, 9.17) is 34.6 Å². The van der Waals surface area contributed by atoms with Crippen LogP contribution < -0.4 is 0 Å². The zero-order valence-electron chi connectivity index (χ0n) is 58.4. The van der Waals surface area contributed by atoms with Crippen LogP contribution in [0.3, 0.4) is 0 Å². The van der Waals surface area contributed by atoms with Crippen molar-refractivity contribution in [3.8, 4) is 89.7 Å². The normalized spacial score (nSPS) is 16.8. The Morgan fingerprint density at radius 3 is 1.54 bits per heavy atom. The fraction of sp³-hybridized carbons (Fsp3) is 0.206. The number of phenolic OH excluding ortho intramolecular Hbond substituents is 1. The van der Waals surface area contributed by atoms with Gasteiger partial charge in [-0.3, -0.25) is 9.55 Å². The maximum Gasteiger partial charge on any atom is 0.149 e. The third kappa shape index (κ3) is 9.30. The van der Waals surface area contributed by atoms with Gasteiger partial charge in [-0.1, -0.05) is 202 Å². The number of rotatable bonds is 10. The van der Waals surface area contributed by atoms with E-state index < -0.39 is 74.4 Å². The number of aromatic nitrogens is 3. The van der Waals surface area contributed by atoms with Crippen molar-refractivity contribution in [3.63, 3.8) is 0 Å². The maximum atomic E-state index is 13.3. The van der Waals surface area contributed by atoms with Gasteiger partial charge in [0.25, 0.3) is 0 Å². The Kier molecular flexibility index (Phi) is 8.16. The summed E-state index contributed by atoms with van der Waals surface area (Å²) in [6, 6.07) is 57.6. The summed E-state index contributed by atoms with van der Waals surface area (Å²) in [5.74, 6) is -2.39. The lowest BCUT2D eigenvalue weighted by molar-refractivity contribution is 0.446. The van der Waals surface area contributed by atoms with Crippen LogP contribution in [0.15, 0.2) is 194 Å². The molecule has 0 fully saturated rings. The molecule has 2 aromatic heterocycles. The Morgan fingerprint density at radius 1 is 0.458 bits per heavy atom. The molecule has 4 heteroatoms. The number of nitrogens with zero attached hydrogens (tertiary/aromatic N) is 3. The lowest BCUT2D eigenvalue weighted by Crippen LogP contribution is -2.17. The lowest BCUT2D eigenvalue weighted by atomic mass is 9.78. The molecule has 0 aliphatic heterocycles. The molecule has 0 saturated heterocycles. The SMILES string of the molecule is [2H]C([2H])([2H])C(c1cc(-c2nc3c(-c4cc(-c5ccccc5)cc(-c5cc(-c6ccc(-c7ccccc7)cc6)ccn5)c4)cccc3n2-c2c(C(C)C)cc(-c3ccccc3)cc2C(C)C)c(O)c(C(C([2H])([2H])[2H])(C([2H])([2H])[2H])C([2H])([2H])[2H])c1)(C([2H])([2H])[2H])C([2H])([2H])[2H]. The van der Waals surface area contributed by atoms with Gasteiger partial charge in [0.2, 0.25) is 0 Å². The molecule has 72 heavy (non-hydrogen) atoms. The zero-order valence-corrected chi connectivity index (χ0v) is 40.4. The van der Waals surface area contributed by atoms with Crippen molar-refractivity contribution in [2.75, 3.05) is 0 Å². The van der Waals surface area contributed by atoms with Gasteiger partial charge in [0.15, 0.2) is 0 Å². The van der Waals surface area contributed by atoms with Crippen LogP contribution in [-0.2, 0) is 10.8 Å². The van der Waals surface area contributed by atoms with E-state index in [1.54, 1.807) is 29.0 Å². The largest absolute Gasteiger partial charge is 0.507 e. The highest BCUT2D eigenvalue weighted by Gasteiger charge is 2.31. The van der Waals surface area contributed by atoms with Crippen LogP contribution in [0.4, 0.5) is 0 Å². The summed E-state index contributed by atoms with van der Waals surface area (Å²) < 4.78 is 161. The van der Waals surface area contributed by atoms with E-state index in [9.17, 15) is 5.11 Å². The van der Waals surface area contributed by atoms with Crippen molar-refractivity contribution in [1.82, 2.24) is 14.5 Å². The minimum absolute atomic E-state index is 0.189. The monoisotopic (exact) mass is 958 g/mol. The van der Waals surface area contributed by atoms with E-state index in [1.165, 1.54) is 0 Å². The van der Waals surface area contributed by atoms with Gasteiger partial charge in [-0.15, -0.1) is 0 Å². The first kappa shape index (κ1) is 30.8. The van der Waals surface area contributed by atoms with Crippen LogP contribution >= 0.6 is 0 Å². The maximum absolute atomic E-state index is 13.3. The van der Waals surface area contributed by atoms with Gasteiger partial charge in [-0.25, -0.2) is 4.98 Å². The topological polar surface area (TPSA) is 50.9 Å². The predicted octanol–water partition coefficient (Wildman–Crippen LogP) is 18.6.